The van der Waals surface area contributed by atoms with Crippen LogP contribution in [0.5, 0.6) is 0 Å². The van der Waals surface area contributed by atoms with Crippen molar-refractivity contribution in [3.05, 3.63) is 57.6 Å². The molecule has 1 N–H and O–H groups in total. The Morgan fingerprint density at radius 3 is 2.63 bits per heavy atom. The molecular formula is C20H19Cl2FN2OS. The standard InChI is InChI=1S/C20H19Cl2FN2OS/c21-14-9-13(20(23)5-1-6-20)10-15(11-14)24-19(26)17-12-16(3-4-18(17)22)25-7-2-8-27-25/h3-4,9-12H,1-2,5-8H2,(H,24,26). The number of benzene rings is 2. The van der Waals surface area contributed by atoms with Gasteiger partial charge in [0.25, 0.3) is 5.91 Å². The van der Waals surface area contributed by atoms with Crippen molar-refractivity contribution in [3.63, 3.8) is 0 Å². The van der Waals surface area contributed by atoms with Crippen LogP contribution in [-0.2, 0) is 5.67 Å². The van der Waals surface area contributed by atoms with Crippen LogP contribution in [0.1, 0.15) is 41.6 Å². The van der Waals surface area contributed by atoms with Gasteiger partial charge in [-0.15, -0.1) is 0 Å². The Morgan fingerprint density at radius 2 is 1.96 bits per heavy atom. The molecule has 2 aliphatic rings. The molecule has 3 nitrogen and oxygen atoms in total. The van der Waals surface area contributed by atoms with Crippen LogP contribution in [0, 0.1) is 0 Å². The molecule has 1 amide bonds. The van der Waals surface area contributed by atoms with Crippen molar-refractivity contribution in [2.24, 2.45) is 0 Å². The summed E-state index contributed by atoms with van der Waals surface area (Å²) in [7, 11) is 0. The summed E-state index contributed by atoms with van der Waals surface area (Å²) < 4.78 is 16.9. The molecular weight excluding hydrogens is 406 g/mol. The van der Waals surface area contributed by atoms with Gasteiger partial charge in [-0.05, 0) is 79.6 Å². The lowest BCUT2D eigenvalue weighted by atomic mass is 9.77. The van der Waals surface area contributed by atoms with Crippen LogP contribution < -0.4 is 9.62 Å². The lowest BCUT2D eigenvalue weighted by Gasteiger charge is -2.34. The fourth-order valence-electron chi connectivity index (χ4n) is 3.39. The Hall–Kier alpha value is -1.43. The molecule has 0 spiro atoms. The highest BCUT2D eigenvalue weighted by Crippen LogP contribution is 2.46. The van der Waals surface area contributed by atoms with Crippen LogP contribution in [0.4, 0.5) is 15.8 Å². The van der Waals surface area contributed by atoms with E-state index >= 15 is 0 Å². The largest absolute Gasteiger partial charge is 0.322 e. The summed E-state index contributed by atoms with van der Waals surface area (Å²) in [6.45, 7) is 0.948. The van der Waals surface area contributed by atoms with Gasteiger partial charge in [-0.1, -0.05) is 23.2 Å². The van der Waals surface area contributed by atoms with E-state index in [2.05, 4.69) is 9.62 Å². The zero-order valence-corrected chi connectivity index (χ0v) is 16.9. The van der Waals surface area contributed by atoms with Crippen LogP contribution in [0.2, 0.25) is 10.0 Å². The Kier molecular flexibility index (Phi) is 5.28. The van der Waals surface area contributed by atoms with Crippen molar-refractivity contribution in [1.82, 2.24) is 0 Å². The summed E-state index contributed by atoms with van der Waals surface area (Å²) in [5.74, 6) is 0.737. The molecule has 4 rings (SSSR count). The molecule has 2 aromatic carbocycles. The second-order valence-electron chi connectivity index (χ2n) is 6.95. The van der Waals surface area contributed by atoms with Crippen LogP contribution in [-0.4, -0.2) is 18.2 Å². The topological polar surface area (TPSA) is 32.3 Å². The molecule has 0 aromatic heterocycles. The zero-order valence-electron chi connectivity index (χ0n) is 14.6. The predicted octanol–water partition coefficient (Wildman–Crippen LogP) is 6.45. The van der Waals surface area contributed by atoms with E-state index in [0.717, 1.165) is 30.8 Å². The highest BCUT2D eigenvalue weighted by molar-refractivity contribution is 8.00. The molecule has 0 unspecified atom stereocenters. The molecule has 7 heteroatoms. The van der Waals surface area contributed by atoms with Crippen LogP contribution in [0.25, 0.3) is 0 Å². The molecule has 0 bridgehead atoms. The molecule has 2 fully saturated rings. The van der Waals surface area contributed by atoms with Crippen LogP contribution in [0.3, 0.4) is 0 Å². The van der Waals surface area contributed by atoms with Crippen LogP contribution >= 0.6 is 35.1 Å². The maximum absolute atomic E-state index is 14.7. The molecule has 1 heterocycles. The van der Waals surface area contributed by atoms with Gasteiger partial charge < -0.3 is 9.62 Å². The summed E-state index contributed by atoms with van der Waals surface area (Å²) in [6.07, 6.45) is 2.96. The lowest BCUT2D eigenvalue weighted by molar-refractivity contribution is 0.0609. The zero-order chi connectivity index (χ0) is 19.0. The first kappa shape index (κ1) is 18.9. The molecule has 27 heavy (non-hydrogen) atoms. The molecule has 1 saturated heterocycles. The number of nitrogens with one attached hydrogen (secondary N) is 1. The van der Waals surface area contributed by atoms with Gasteiger partial charge in [0.15, 0.2) is 0 Å². The third-order valence-corrected chi connectivity index (χ3v) is 6.78. The molecule has 2 aromatic rings. The van der Waals surface area contributed by atoms with Gasteiger partial charge in [0.2, 0.25) is 0 Å². The van der Waals surface area contributed by atoms with Gasteiger partial charge in [0.05, 0.1) is 10.6 Å². The third-order valence-electron chi connectivity index (χ3n) is 5.05. The molecule has 0 atom stereocenters. The van der Waals surface area contributed by atoms with Gasteiger partial charge in [-0.25, -0.2) is 4.39 Å². The van der Waals surface area contributed by atoms with Crippen molar-refractivity contribution in [2.75, 3.05) is 21.9 Å². The first-order valence-corrected chi connectivity index (χ1v) is 10.7. The van der Waals surface area contributed by atoms with E-state index in [1.807, 2.05) is 6.07 Å². The number of nitrogens with zero attached hydrogens (tertiary/aromatic N) is 1. The van der Waals surface area contributed by atoms with E-state index in [4.69, 9.17) is 23.2 Å². The number of hydrogen-bond donors (Lipinski definition) is 1. The summed E-state index contributed by atoms with van der Waals surface area (Å²) in [4.78, 5) is 12.8. The van der Waals surface area contributed by atoms with Crippen LogP contribution in [0.15, 0.2) is 36.4 Å². The molecule has 1 aliphatic heterocycles. The number of halogens is 3. The van der Waals surface area contributed by atoms with E-state index in [9.17, 15) is 9.18 Å². The summed E-state index contributed by atoms with van der Waals surface area (Å²) in [5, 5.41) is 3.60. The second-order valence-corrected chi connectivity index (χ2v) is 8.91. The number of amides is 1. The fraction of sp³-hybridized carbons (Fsp3) is 0.350. The highest BCUT2D eigenvalue weighted by Gasteiger charge is 2.39. The molecule has 0 radical (unpaired) electrons. The Labute approximate surface area is 172 Å². The van der Waals surface area contributed by atoms with Gasteiger partial charge >= 0.3 is 0 Å². The van der Waals surface area contributed by atoms with Crippen molar-refractivity contribution in [2.45, 2.75) is 31.4 Å². The van der Waals surface area contributed by atoms with Gasteiger partial charge in [-0.2, -0.15) is 0 Å². The number of hydrogen-bond acceptors (Lipinski definition) is 3. The highest BCUT2D eigenvalue weighted by atomic mass is 35.5. The minimum absolute atomic E-state index is 0.333. The summed E-state index contributed by atoms with van der Waals surface area (Å²) in [6, 6.07) is 10.4. The van der Waals surface area contributed by atoms with E-state index in [-0.39, 0.29) is 5.91 Å². The molecule has 1 aliphatic carbocycles. The fourth-order valence-corrected chi connectivity index (χ4v) is 4.83. The summed E-state index contributed by atoms with van der Waals surface area (Å²) in [5.41, 5.74) is 1.00. The molecule has 1 saturated carbocycles. The van der Waals surface area contributed by atoms with Crippen molar-refractivity contribution in [3.8, 4) is 0 Å². The second kappa shape index (κ2) is 7.53. The first-order chi connectivity index (χ1) is 12.9. The maximum Gasteiger partial charge on any atom is 0.257 e. The Balaban J connectivity index is 1.58. The Morgan fingerprint density at radius 1 is 1.15 bits per heavy atom. The number of alkyl halides is 1. The number of rotatable bonds is 4. The minimum atomic E-state index is -1.34. The first-order valence-electron chi connectivity index (χ1n) is 8.96. The minimum Gasteiger partial charge on any atom is -0.322 e. The maximum atomic E-state index is 14.7. The molecule has 142 valence electrons. The Bertz CT molecular complexity index is 882. The smallest absolute Gasteiger partial charge is 0.257 e. The normalized spacial score (nSPS) is 18.3. The van der Waals surface area contributed by atoms with Crippen molar-refractivity contribution >= 4 is 52.4 Å². The predicted molar refractivity (Wildman–Crippen MR) is 112 cm³/mol. The average molecular weight is 425 g/mol. The van der Waals surface area contributed by atoms with Crippen molar-refractivity contribution in [1.29, 1.82) is 0 Å². The SMILES string of the molecule is O=C(Nc1cc(Cl)cc(C2(F)CCC2)c1)c1cc(N2CCCS2)ccc1Cl. The van der Waals surface area contributed by atoms with E-state index in [0.29, 0.717) is 39.7 Å². The number of carbonyl (C=O) groups is 1. The van der Waals surface area contributed by atoms with Gasteiger partial charge in [-0.3, -0.25) is 4.79 Å². The van der Waals surface area contributed by atoms with E-state index in [1.165, 1.54) is 0 Å². The number of anilines is 2. The van der Waals surface area contributed by atoms with Gasteiger partial charge in [0.1, 0.15) is 5.67 Å². The monoisotopic (exact) mass is 424 g/mol. The van der Waals surface area contributed by atoms with E-state index < -0.39 is 5.67 Å². The third kappa shape index (κ3) is 3.91. The van der Waals surface area contributed by atoms with Gasteiger partial charge in [0, 0.05) is 28.7 Å². The quantitative estimate of drug-likeness (QED) is 0.571. The van der Waals surface area contributed by atoms with E-state index in [1.54, 1.807) is 42.3 Å². The average Bonchev–Trinajstić information content (AvgIpc) is 3.14. The lowest BCUT2D eigenvalue weighted by Crippen LogP contribution is -2.28. The summed E-state index contributed by atoms with van der Waals surface area (Å²) >= 11 is 14.2. The van der Waals surface area contributed by atoms with Crippen molar-refractivity contribution < 1.29 is 9.18 Å². The number of carbonyl (C=O) groups excluding carboxylic acids is 1.